The SMILES string of the molecule is NCC(=O)N1CCC[C@H]1C(=O)N1C[C@H](O)C[C@H]1C=O. The molecule has 0 aromatic rings. The number of aliphatic hydroxyl groups excluding tert-OH is 1. The first-order chi connectivity index (χ1) is 9.08. The van der Waals surface area contributed by atoms with Crippen LogP contribution in [0, 0.1) is 0 Å². The molecule has 19 heavy (non-hydrogen) atoms. The van der Waals surface area contributed by atoms with E-state index in [0.29, 0.717) is 19.3 Å². The third-order valence-corrected chi connectivity index (χ3v) is 3.79. The molecule has 2 aliphatic heterocycles. The number of nitrogens with two attached hydrogens (primary N) is 1. The molecule has 0 bridgehead atoms. The maximum absolute atomic E-state index is 12.4. The summed E-state index contributed by atoms with van der Waals surface area (Å²) in [5, 5.41) is 9.56. The summed E-state index contributed by atoms with van der Waals surface area (Å²) in [6, 6.07) is -1.12. The zero-order valence-corrected chi connectivity index (χ0v) is 10.7. The third-order valence-electron chi connectivity index (χ3n) is 3.79. The van der Waals surface area contributed by atoms with Crippen molar-refractivity contribution >= 4 is 18.1 Å². The van der Waals surface area contributed by atoms with Gasteiger partial charge in [0.05, 0.1) is 18.7 Å². The maximum atomic E-state index is 12.4. The van der Waals surface area contributed by atoms with E-state index in [1.807, 2.05) is 0 Å². The molecule has 0 spiro atoms. The third kappa shape index (κ3) is 2.62. The van der Waals surface area contributed by atoms with Crippen molar-refractivity contribution in [2.24, 2.45) is 5.73 Å². The van der Waals surface area contributed by atoms with Crippen LogP contribution in [0.3, 0.4) is 0 Å². The molecular weight excluding hydrogens is 250 g/mol. The predicted molar refractivity (Wildman–Crippen MR) is 66.0 cm³/mol. The van der Waals surface area contributed by atoms with Gasteiger partial charge in [-0.05, 0) is 12.8 Å². The topological polar surface area (TPSA) is 104 Å². The number of β-amino-alcohol motifs (C(OH)–C–C–N with tert-alkyl or cyclic N) is 1. The Morgan fingerprint density at radius 3 is 2.74 bits per heavy atom. The highest BCUT2D eigenvalue weighted by atomic mass is 16.3. The van der Waals surface area contributed by atoms with E-state index in [1.54, 1.807) is 0 Å². The zero-order valence-electron chi connectivity index (χ0n) is 10.7. The highest BCUT2D eigenvalue weighted by Crippen LogP contribution is 2.24. The van der Waals surface area contributed by atoms with Crippen LogP contribution in [0.15, 0.2) is 0 Å². The summed E-state index contributed by atoms with van der Waals surface area (Å²) < 4.78 is 0. The van der Waals surface area contributed by atoms with Gasteiger partial charge in [0, 0.05) is 19.5 Å². The number of likely N-dealkylation sites (tertiary alicyclic amines) is 2. The van der Waals surface area contributed by atoms with Crippen LogP contribution in [0.25, 0.3) is 0 Å². The van der Waals surface area contributed by atoms with Gasteiger partial charge in [-0.3, -0.25) is 9.59 Å². The Labute approximate surface area is 111 Å². The normalized spacial score (nSPS) is 30.7. The lowest BCUT2D eigenvalue weighted by Crippen LogP contribution is -2.51. The van der Waals surface area contributed by atoms with Crippen molar-refractivity contribution in [3.8, 4) is 0 Å². The fourth-order valence-corrected chi connectivity index (χ4v) is 2.86. The van der Waals surface area contributed by atoms with Gasteiger partial charge in [0.2, 0.25) is 11.8 Å². The van der Waals surface area contributed by atoms with E-state index >= 15 is 0 Å². The van der Waals surface area contributed by atoms with E-state index in [4.69, 9.17) is 5.73 Å². The summed E-state index contributed by atoms with van der Waals surface area (Å²) in [4.78, 5) is 37.9. The van der Waals surface area contributed by atoms with Gasteiger partial charge < -0.3 is 25.4 Å². The summed E-state index contributed by atoms with van der Waals surface area (Å²) in [6.07, 6.45) is 1.62. The predicted octanol–water partition coefficient (Wildman–Crippen LogP) is -1.90. The molecule has 2 amide bonds. The average Bonchev–Trinajstić information content (AvgIpc) is 3.02. The molecule has 0 unspecified atom stereocenters. The van der Waals surface area contributed by atoms with Crippen molar-refractivity contribution in [1.29, 1.82) is 0 Å². The molecule has 2 rings (SSSR count). The maximum Gasteiger partial charge on any atom is 0.246 e. The Bertz CT molecular complexity index is 387. The van der Waals surface area contributed by atoms with Crippen LogP contribution < -0.4 is 5.73 Å². The number of carbonyl (C=O) groups excluding carboxylic acids is 3. The molecule has 3 atom stereocenters. The second kappa shape index (κ2) is 5.66. The molecule has 3 N–H and O–H groups in total. The molecule has 2 aliphatic rings. The van der Waals surface area contributed by atoms with Crippen LogP contribution in [0.5, 0.6) is 0 Å². The van der Waals surface area contributed by atoms with E-state index in [9.17, 15) is 19.5 Å². The summed E-state index contributed by atoms with van der Waals surface area (Å²) in [5.74, 6) is -0.508. The minimum absolute atomic E-state index is 0.122. The van der Waals surface area contributed by atoms with Gasteiger partial charge >= 0.3 is 0 Å². The highest BCUT2D eigenvalue weighted by Gasteiger charge is 2.41. The van der Waals surface area contributed by atoms with Gasteiger partial charge in [-0.1, -0.05) is 0 Å². The largest absolute Gasteiger partial charge is 0.391 e. The molecule has 2 fully saturated rings. The fourth-order valence-electron chi connectivity index (χ4n) is 2.86. The average molecular weight is 269 g/mol. The van der Waals surface area contributed by atoms with Crippen LogP contribution in [0.2, 0.25) is 0 Å². The Balaban J connectivity index is 2.10. The molecule has 106 valence electrons. The van der Waals surface area contributed by atoms with Gasteiger partial charge in [0.25, 0.3) is 0 Å². The number of hydrogen-bond donors (Lipinski definition) is 2. The van der Waals surface area contributed by atoms with Crippen molar-refractivity contribution in [2.75, 3.05) is 19.6 Å². The number of carbonyl (C=O) groups is 3. The molecule has 2 saturated heterocycles. The number of hydrogen-bond acceptors (Lipinski definition) is 5. The van der Waals surface area contributed by atoms with Crippen LogP contribution in [0.1, 0.15) is 19.3 Å². The van der Waals surface area contributed by atoms with Crippen LogP contribution >= 0.6 is 0 Å². The van der Waals surface area contributed by atoms with Gasteiger partial charge in [-0.25, -0.2) is 0 Å². The minimum atomic E-state index is -0.667. The molecule has 0 aromatic heterocycles. The molecule has 0 aromatic carbocycles. The number of amides is 2. The quantitative estimate of drug-likeness (QED) is 0.582. The summed E-state index contributed by atoms with van der Waals surface area (Å²) in [7, 11) is 0. The van der Waals surface area contributed by atoms with E-state index in [1.165, 1.54) is 9.80 Å². The van der Waals surface area contributed by atoms with Gasteiger partial charge in [-0.15, -0.1) is 0 Å². The second-order valence-electron chi connectivity index (χ2n) is 5.03. The number of aliphatic hydroxyl groups is 1. The molecule has 0 saturated carbocycles. The minimum Gasteiger partial charge on any atom is -0.391 e. The zero-order chi connectivity index (χ0) is 14.0. The first kappa shape index (κ1) is 14.0. The Morgan fingerprint density at radius 1 is 1.37 bits per heavy atom. The van der Waals surface area contributed by atoms with Crippen molar-refractivity contribution in [1.82, 2.24) is 9.80 Å². The smallest absolute Gasteiger partial charge is 0.246 e. The van der Waals surface area contributed by atoms with Crippen molar-refractivity contribution in [2.45, 2.75) is 37.5 Å². The molecular formula is C12H19N3O4. The van der Waals surface area contributed by atoms with E-state index < -0.39 is 18.2 Å². The molecule has 2 heterocycles. The van der Waals surface area contributed by atoms with Crippen LogP contribution in [-0.2, 0) is 14.4 Å². The fraction of sp³-hybridized carbons (Fsp3) is 0.750. The van der Waals surface area contributed by atoms with E-state index in [0.717, 1.165) is 6.42 Å². The van der Waals surface area contributed by atoms with Gasteiger partial charge in [0.1, 0.15) is 12.3 Å². The van der Waals surface area contributed by atoms with Crippen molar-refractivity contribution in [3.05, 3.63) is 0 Å². The lowest BCUT2D eigenvalue weighted by atomic mass is 10.1. The second-order valence-corrected chi connectivity index (χ2v) is 5.03. The Morgan fingerprint density at radius 2 is 2.11 bits per heavy atom. The van der Waals surface area contributed by atoms with Crippen molar-refractivity contribution < 1.29 is 19.5 Å². The molecule has 0 radical (unpaired) electrons. The number of aldehydes is 1. The number of rotatable bonds is 3. The molecule has 7 heteroatoms. The molecule has 0 aliphatic carbocycles. The Kier molecular flexibility index (Phi) is 4.16. The standard InChI is InChI=1S/C12H19N3O4/c13-5-11(18)14-3-1-2-10(14)12(19)15-6-9(17)4-8(15)7-16/h7-10,17H,1-6,13H2/t8-,9+,10-/m0/s1. The molecule has 7 nitrogen and oxygen atoms in total. The first-order valence-corrected chi connectivity index (χ1v) is 6.52. The summed E-state index contributed by atoms with van der Waals surface area (Å²) in [5.41, 5.74) is 5.33. The van der Waals surface area contributed by atoms with Crippen molar-refractivity contribution in [3.63, 3.8) is 0 Å². The van der Waals surface area contributed by atoms with Crippen LogP contribution in [0.4, 0.5) is 0 Å². The van der Waals surface area contributed by atoms with Gasteiger partial charge in [0.15, 0.2) is 0 Å². The van der Waals surface area contributed by atoms with E-state index in [-0.39, 0.29) is 31.3 Å². The Hall–Kier alpha value is -1.47. The first-order valence-electron chi connectivity index (χ1n) is 6.52. The number of nitrogens with zero attached hydrogens (tertiary/aromatic N) is 2. The summed E-state index contributed by atoms with van der Waals surface area (Å²) >= 11 is 0. The lowest BCUT2D eigenvalue weighted by Gasteiger charge is -2.29. The summed E-state index contributed by atoms with van der Waals surface area (Å²) in [6.45, 7) is 0.557. The van der Waals surface area contributed by atoms with Gasteiger partial charge in [-0.2, -0.15) is 0 Å². The highest BCUT2D eigenvalue weighted by molar-refractivity contribution is 5.90. The van der Waals surface area contributed by atoms with Crippen LogP contribution in [-0.4, -0.2) is 70.8 Å². The lowest BCUT2D eigenvalue weighted by molar-refractivity contribution is -0.144. The monoisotopic (exact) mass is 269 g/mol. The van der Waals surface area contributed by atoms with E-state index in [2.05, 4.69) is 0 Å².